The summed E-state index contributed by atoms with van der Waals surface area (Å²) >= 11 is 9.19. The van der Waals surface area contributed by atoms with E-state index in [0.717, 1.165) is 0 Å². The number of benzene rings is 2. The largest absolute Gasteiger partial charge is 0.492 e. The van der Waals surface area contributed by atoms with Crippen LogP contribution in [0.3, 0.4) is 0 Å². The molecular formula is C15H14BrClN2O2. The summed E-state index contributed by atoms with van der Waals surface area (Å²) in [6, 6.07) is 12.2. The molecule has 0 unspecified atom stereocenters. The summed E-state index contributed by atoms with van der Waals surface area (Å²) in [4.78, 5) is 12.2. The Labute approximate surface area is 136 Å². The minimum absolute atomic E-state index is 0.227. The van der Waals surface area contributed by atoms with Crippen molar-refractivity contribution in [2.24, 2.45) is 5.73 Å². The van der Waals surface area contributed by atoms with Crippen LogP contribution < -0.4 is 15.8 Å². The molecule has 6 heteroatoms. The van der Waals surface area contributed by atoms with Crippen LogP contribution in [-0.2, 0) is 0 Å². The van der Waals surface area contributed by atoms with E-state index in [1.807, 2.05) is 6.07 Å². The van der Waals surface area contributed by atoms with Gasteiger partial charge in [0, 0.05) is 27.8 Å². The first kappa shape index (κ1) is 15.8. The third-order valence-corrected chi connectivity index (χ3v) is 3.55. The molecule has 0 saturated heterocycles. The Morgan fingerprint density at radius 3 is 2.81 bits per heavy atom. The van der Waals surface area contributed by atoms with Crippen LogP contribution in [0.2, 0.25) is 5.02 Å². The number of carbonyl (C=O) groups excluding carboxylic acids is 1. The van der Waals surface area contributed by atoms with Crippen molar-refractivity contribution in [1.29, 1.82) is 0 Å². The molecule has 0 spiro atoms. The van der Waals surface area contributed by atoms with E-state index >= 15 is 0 Å². The summed E-state index contributed by atoms with van der Waals surface area (Å²) in [6.07, 6.45) is 0. The minimum atomic E-state index is -0.227. The van der Waals surface area contributed by atoms with E-state index in [1.54, 1.807) is 36.4 Å². The fourth-order valence-corrected chi connectivity index (χ4v) is 2.58. The summed E-state index contributed by atoms with van der Waals surface area (Å²) in [6.45, 7) is 0.869. The fourth-order valence-electron chi connectivity index (χ4n) is 1.71. The van der Waals surface area contributed by atoms with Gasteiger partial charge in [-0.3, -0.25) is 4.79 Å². The third-order valence-electron chi connectivity index (χ3n) is 2.65. The standard InChI is InChI=1S/C15H14BrClN2O2/c16-14-8-10(17)4-5-13(14)15(20)19-11-2-1-3-12(9-11)21-7-6-18/h1-5,8-9H,6-7,18H2,(H,19,20). The van der Waals surface area contributed by atoms with E-state index < -0.39 is 0 Å². The predicted octanol–water partition coefficient (Wildman–Crippen LogP) is 3.69. The smallest absolute Gasteiger partial charge is 0.256 e. The van der Waals surface area contributed by atoms with Crippen LogP contribution in [0.5, 0.6) is 5.75 Å². The molecule has 0 radical (unpaired) electrons. The van der Waals surface area contributed by atoms with Gasteiger partial charge in [0.05, 0.1) is 5.56 Å². The normalized spacial score (nSPS) is 10.2. The van der Waals surface area contributed by atoms with Crippen LogP contribution >= 0.6 is 27.5 Å². The zero-order valence-corrected chi connectivity index (χ0v) is 13.4. The molecule has 0 heterocycles. The van der Waals surface area contributed by atoms with Gasteiger partial charge in [-0.25, -0.2) is 0 Å². The number of nitrogens with two attached hydrogens (primary N) is 1. The van der Waals surface area contributed by atoms with Crippen molar-refractivity contribution in [1.82, 2.24) is 0 Å². The van der Waals surface area contributed by atoms with Gasteiger partial charge in [-0.1, -0.05) is 17.7 Å². The summed E-state index contributed by atoms with van der Waals surface area (Å²) in [5.41, 5.74) is 6.55. The maximum absolute atomic E-state index is 12.2. The molecule has 0 aliphatic carbocycles. The number of hydrogen-bond acceptors (Lipinski definition) is 3. The zero-order valence-electron chi connectivity index (χ0n) is 11.1. The van der Waals surface area contributed by atoms with Gasteiger partial charge in [-0.05, 0) is 46.3 Å². The number of carbonyl (C=O) groups is 1. The van der Waals surface area contributed by atoms with E-state index in [9.17, 15) is 4.79 Å². The number of rotatable bonds is 5. The van der Waals surface area contributed by atoms with Gasteiger partial charge in [0.1, 0.15) is 12.4 Å². The lowest BCUT2D eigenvalue weighted by Gasteiger charge is -2.09. The molecule has 110 valence electrons. The summed E-state index contributed by atoms with van der Waals surface area (Å²) < 4.78 is 6.06. The van der Waals surface area contributed by atoms with E-state index in [-0.39, 0.29) is 5.91 Å². The van der Waals surface area contributed by atoms with Crippen molar-refractivity contribution in [3.8, 4) is 5.75 Å². The maximum Gasteiger partial charge on any atom is 0.256 e. The number of amides is 1. The van der Waals surface area contributed by atoms with E-state index in [2.05, 4.69) is 21.2 Å². The van der Waals surface area contributed by atoms with Crippen LogP contribution in [0, 0.1) is 0 Å². The lowest BCUT2D eigenvalue weighted by Crippen LogP contribution is -2.13. The van der Waals surface area contributed by atoms with Gasteiger partial charge >= 0.3 is 0 Å². The highest BCUT2D eigenvalue weighted by molar-refractivity contribution is 9.10. The van der Waals surface area contributed by atoms with Crippen molar-refractivity contribution in [2.45, 2.75) is 0 Å². The first-order valence-corrected chi connectivity index (χ1v) is 7.46. The SMILES string of the molecule is NCCOc1cccc(NC(=O)c2ccc(Cl)cc2Br)c1. The molecule has 0 bridgehead atoms. The molecule has 2 aromatic carbocycles. The zero-order chi connectivity index (χ0) is 15.2. The van der Waals surface area contributed by atoms with Crippen molar-refractivity contribution in [2.75, 3.05) is 18.5 Å². The maximum atomic E-state index is 12.2. The lowest BCUT2D eigenvalue weighted by molar-refractivity contribution is 0.102. The van der Waals surface area contributed by atoms with Crippen molar-refractivity contribution in [3.05, 3.63) is 57.5 Å². The van der Waals surface area contributed by atoms with Gasteiger partial charge in [-0.2, -0.15) is 0 Å². The molecule has 0 aromatic heterocycles. The highest BCUT2D eigenvalue weighted by Gasteiger charge is 2.11. The van der Waals surface area contributed by atoms with Crippen LogP contribution in [0.4, 0.5) is 5.69 Å². The molecule has 2 rings (SSSR count). The van der Waals surface area contributed by atoms with Crippen molar-refractivity contribution in [3.63, 3.8) is 0 Å². The Kier molecular flexibility index (Phi) is 5.61. The summed E-state index contributed by atoms with van der Waals surface area (Å²) in [5.74, 6) is 0.433. The average molecular weight is 370 g/mol. The number of nitrogens with one attached hydrogen (secondary N) is 1. The average Bonchev–Trinajstić information content (AvgIpc) is 2.45. The summed E-state index contributed by atoms with van der Waals surface area (Å²) in [7, 11) is 0. The second kappa shape index (κ2) is 7.45. The second-order valence-electron chi connectivity index (χ2n) is 4.24. The molecule has 0 aliphatic rings. The Balaban J connectivity index is 2.12. The first-order chi connectivity index (χ1) is 10.1. The molecule has 0 saturated carbocycles. The number of anilines is 1. The molecule has 1 amide bonds. The third kappa shape index (κ3) is 4.46. The monoisotopic (exact) mass is 368 g/mol. The van der Waals surface area contributed by atoms with Crippen LogP contribution in [0.25, 0.3) is 0 Å². The molecular weight excluding hydrogens is 356 g/mol. The van der Waals surface area contributed by atoms with Gasteiger partial charge < -0.3 is 15.8 Å². The van der Waals surface area contributed by atoms with E-state index in [4.69, 9.17) is 22.1 Å². The first-order valence-electron chi connectivity index (χ1n) is 6.29. The molecule has 0 aliphatic heterocycles. The molecule has 0 atom stereocenters. The van der Waals surface area contributed by atoms with Crippen LogP contribution in [-0.4, -0.2) is 19.1 Å². The molecule has 2 aromatic rings. The lowest BCUT2D eigenvalue weighted by atomic mass is 10.2. The fraction of sp³-hybridized carbons (Fsp3) is 0.133. The Hall–Kier alpha value is -1.56. The van der Waals surface area contributed by atoms with E-state index in [0.29, 0.717) is 39.6 Å². The number of halogens is 2. The Bertz CT molecular complexity index is 649. The van der Waals surface area contributed by atoms with Crippen LogP contribution in [0.15, 0.2) is 46.9 Å². The van der Waals surface area contributed by atoms with Gasteiger partial charge in [0.25, 0.3) is 5.91 Å². The highest BCUT2D eigenvalue weighted by atomic mass is 79.9. The predicted molar refractivity (Wildman–Crippen MR) is 88.1 cm³/mol. The second-order valence-corrected chi connectivity index (χ2v) is 5.53. The van der Waals surface area contributed by atoms with Gasteiger partial charge in [0.2, 0.25) is 0 Å². The Morgan fingerprint density at radius 1 is 1.29 bits per heavy atom. The van der Waals surface area contributed by atoms with Gasteiger partial charge in [-0.15, -0.1) is 0 Å². The molecule has 0 fully saturated rings. The highest BCUT2D eigenvalue weighted by Crippen LogP contribution is 2.23. The summed E-state index contributed by atoms with van der Waals surface area (Å²) in [5, 5.41) is 3.38. The minimum Gasteiger partial charge on any atom is -0.492 e. The van der Waals surface area contributed by atoms with Crippen molar-refractivity contribution >= 4 is 39.1 Å². The number of hydrogen-bond donors (Lipinski definition) is 2. The molecule has 21 heavy (non-hydrogen) atoms. The topological polar surface area (TPSA) is 64.3 Å². The van der Waals surface area contributed by atoms with Crippen LogP contribution in [0.1, 0.15) is 10.4 Å². The quantitative estimate of drug-likeness (QED) is 0.845. The van der Waals surface area contributed by atoms with Crippen molar-refractivity contribution < 1.29 is 9.53 Å². The van der Waals surface area contributed by atoms with E-state index in [1.165, 1.54) is 0 Å². The van der Waals surface area contributed by atoms with Gasteiger partial charge in [0.15, 0.2) is 0 Å². The molecule has 4 nitrogen and oxygen atoms in total. The Morgan fingerprint density at radius 2 is 2.10 bits per heavy atom. The molecule has 3 N–H and O–H groups in total. The number of ether oxygens (including phenoxy) is 1.